The van der Waals surface area contributed by atoms with E-state index in [-0.39, 0.29) is 18.3 Å². The van der Waals surface area contributed by atoms with Crippen molar-refractivity contribution in [1.29, 1.82) is 0 Å². The van der Waals surface area contributed by atoms with Crippen LogP contribution in [0.5, 0.6) is 0 Å². The van der Waals surface area contributed by atoms with Gasteiger partial charge in [-0.25, -0.2) is 0 Å². The Bertz CT molecular complexity index is 399. The lowest BCUT2D eigenvalue weighted by atomic mass is 9.99. The number of hydrogen-bond donors (Lipinski definition) is 2. The Morgan fingerprint density at radius 2 is 2.10 bits per heavy atom. The molecule has 1 amide bonds. The van der Waals surface area contributed by atoms with Crippen LogP contribution in [0.15, 0.2) is 24.3 Å². The first-order chi connectivity index (χ1) is 9.24. The molecule has 1 heterocycles. The number of carbonyl (C=O) groups is 1. The highest BCUT2D eigenvalue weighted by Gasteiger charge is 2.13. The molecule has 0 aromatic heterocycles. The lowest BCUT2D eigenvalue weighted by Gasteiger charge is -2.22. The second-order valence-corrected chi connectivity index (χ2v) is 5.50. The molecular weight excluding hydrogens is 272 g/mol. The van der Waals surface area contributed by atoms with Crippen LogP contribution in [-0.4, -0.2) is 25.5 Å². The fraction of sp³-hybridized carbons (Fsp3) is 0.562. The van der Waals surface area contributed by atoms with Gasteiger partial charge in [0.05, 0.1) is 0 Å². The summed E-state index contributed by atoms with van der Waals surface area (Å²) in [5.74, 6) is 0.781. The van der Waals surface area contributed by atoms with E-state index in [1.165, 1.54) is 24.0 Å². The van der Waals surface area contributed by atoms with Crippen LogP contribution in [0.2, 0.25) is 0 Å². The molecule has 2 N–H and O–H groups in total. The predicted octanol–water partition coefficient (Wildman–Crippen LogP) is 2.47. The SMILES string of the molecule is Cc1ccc(CCC(=O)NCC2CCCNC2)cc1.Cl. The summed E-state index contributed by atoms with van der Waals surface area (Å²) in [6.45, 7) is 5.06. The summed E-state index contributed by atoms with van der Waals surface area (Å²) in [7, 11) is 0. The maximum absolute atomic E-state index is 11.8. The van der Waals surface area contributed by atoms with E-state index in [9.17, 15) is 4.79 Å². The van der Waals surface area contributed by atoms with Crippen LogP contribution in [0.25, 0.3) is 0 Å². The number of hydrogen-bond acceptors (Lipinski definition) is 2. The van der Waals surface area contributed by atoms with Gasteiger partial charge in [0, 0.05) is 13.0 Å². The van der Waals surface area contributed by atoms with Gasteiger partial charge in [0.25, 0.3) is 0 Å². The molecule has 112 valence electrons. The Morgan fingerprint density at radius 1 is 1.35 bits per heavy atom. The van der Waals surface area contributed by atoms with E-state index in [1.54, 1.807) is 0 Å². The quantitative estimate of drug-likeness (QED) is 0.876. The van der Waals surface area contributed by atoms with E-state index >= 15 is 0 Å². The summed E-state index contributed by atoms with van der Waals surface area (Å²) < 4.78 is 0. The second kappa shape index (κ2) is 8.98. The number of amides is 1. The third kappa shape index (κ3) is 5.93. The van der Waals surface area contributed by atoms with Crippen LogP contribution in [0.4, 0.5) is 0 Å². The molecule has 1 fully saturated rings. The van der Waals surface area contributed by atoms with Crippen molar-refractivity contribution < 1.29 is 4.79 Å². The van der Waals surface area contributed by atoms with E-state index in [0.29, 0.717) is 12.3 Å². The van der Waals surface area contributed by atoms with Crippen LogP contribution in [0, 0.1) is 12.8 Å². The first-order valence-corrected chi connectivity index (χ1v) is 7.27. The fourth-order valence-electron chi connectivity index (χ4n) is 2.46. The molecule has 0 bridgehead atoms. The average Bonchev–Trinajstić information content (AvgIpc) is 2.45. The van der Waals surface area contributed by atoms with Gasteiger partial charge in [0.2, 0.25) is 5.91 Å². The molecule has 1 aliphatic rings. The maximum atomic E-state index is 11.8. The lowest BCUT2D eigenvalue weighted by molar-refractivity contribution is -0.121. The highest BCUT2D eigenvalue weighted by molar-refractivity contribution is 5.85. The van der Waals surface area contributed by atoms with Gasteiger partial charge >= 0.3 is 0 Å². The summed E-state index contributed by atoms with van der Waals surface area (Å²) >= 11 is 0. The molecule has 0 aliphatic carbocycles. The smallest absolute Gasteiger partial charge is 0.220 e. The average molecular weight is 297 g/mol. The first-order valence-electron chi connectivity index (χ1n) is 7.27. The minimum absolute atomic E-state index is 0. The molecule has 0 saturated carbocycles. The summed E-state index contributed by atoms with van der Waals surface area (Å²) in [6.07, 6.45) is 3.87. The van der Waals surface area contributed by atoms with E-state index in [0.717, 1.165) is 26.1 Å². The van der Waals surface area contributed by atoms with Crippen LogP contribution >= 0.6 is 12.4 Å². The van der Waals surface area contributed by atoms with Gasteiger partial charge in [-0.15, -0.1) is 12.4 Å². The van der Waals surface area contributed by atoms with E-state index in [2.05, 4.69) is 41.8 Å². The van der Waals surface area contributed by atoms with Crippen molar-refractivity contribution in [2.24, 2.45) is 5.92 Å². The molecule has 2 rings (SSSR count). The fourth-order valence-corrected chi connectivity index (χ4v) is 2.46. The molecule has 1 aliphatic heterocycles. The summed E-state index contributed by atoms with van der Waals surface area (Å²) in [5, 5.41) is 6.43. The Morgan fingerprint density at radius 3 is 2.75 bits per heavy atom. The van der Waals surface area contributed by atoms with Crippen molar-refractivity contribution in [2.45, 2.75) is 32.6 Å². The molecule has 1 saturated heterocycles. The Balaban J connectivity index is 0.00000200. The first kappa shape index (κ1) is 17.0. The summed E-state index contributed by atoms with van der Waals surface area (Å²) in [5.41, 5.74) is 2.50. The van der Waals surface area contributed by atoms with Crippen molar-refractivity contribution in [3.05, 3.63) is 35.4 Å². The number of aryl methyl sites for hydroxylation is 2. The normalized spacial score (nSPS) is 18.1. The number of piperidine rings is 1. The molecule has 3 nitrogen and oxygen atoms in total. The van der Waals surface area contributed by atoms with Gasteiger partial charge in [-0.3, -0.25) is 4.79 Å². The second-order valence-electron chi connectivity index (χ2n) is 5.50. The third-order valence-electron chi connectivity index (χ3n) is 3.75. The zero-order chi connectivity index (χ0) is 13.5. The standard InChI is InChI=1S/C16H24N2O.ClH/c1-13-4-6-14(7-5-13)8-9-16(19)18-12-15-3-2-10-17-11-15;/h4-7,15,17H,2-3,8-12H2,1H3,(H,18,19);1H. The molecule has 20 heavy (non-hydrogen) atoms. The molecule has 0 radical (unpaired) electrons. The molecule has 1 unspecified atom stereocenters. The van der Waals surface area contributed by atoms with Gasteiger partial charge in [-0.1, -0.05) is 29.8 Å². The molecule has 4 heteroatoms. The van der Waals surface area contributed by atoms with Crippen LogP contribution in [-0.2, 0) is 11.2 Å². The van der Waals surface area contributed by atoms with Crippen molar-refractivity contribution in [2.75, 3.05) is 19.6 Å². The minimum atomic E-state index is 0. The Hall–Kier alpha value is -1.06. The molecule has 0 spiro atoms. The Labute approximate surface area is 127 Å². The van der Waals surface area contributed by atoms with Crippen LogP contribution in [0.3, 0.4) is 0 Å². The van der Waals surface area contributed by atoms with Gasteiger partial charge in [0.15, 0.2) is 0 Å². The van der Waals surface area contributed by atoms with E-state index < -0.39 is 0 Å². The zero-order valence-corrected chi connectivity index (χ0v) is 13.0. The summed E-state index contributed by atoms with van der Waals surface area (Å²) in [6, 6.07) is 8.41. The minimum Gasteiger partial charge on any atom is -0.356 e. The monoisotopic (exact) mass is 296 g/mol. The molecule has 1 aromatic rings. The topological polar surface area (TPSA) is 41.1 Å². The van der Waals surface area contributed by atoms with Gasteiger partial charge < -0.3 is 10.6 Å². The highest BCUT2D eigenvalue weighted by Crippen LogP contribution is 2.09. The van der Waals surface area contributed by atoms with E-state index in [4.69, 9.17) is 0 Å². The van der Waals surface area contributed by atoms with Crippen LogP contribution in [0.1, 0.15) is 30.4 Å². The van der Waals surface area contributed by atoms with Crippen LogP contribution < -0.4 is 10.6 Å². The predicted molar refractivity (Wildman–Crippen MR) is 85.4 cm³/mol. The largest absolute Gasteiger partial charge is 0.356 e. The molecular formula is C16H25ClN2O. The van der Waals surface area contributed by atoms with Crippen molar-refractivity contribution in [3.8, 4) is 0 Å². The van der Waals surface area contributed by atoms with Crippen molar-refractivity contribution in [1.82, 2.24) is 10.6 Å². The third-order valence-corrected chi connectivity index (χ3v) is 3.75. The van der Waals surface area contributed by atoms with Crippen molar-refractivity contribution >= 4 is 18.3 Å². The van der Waals surface area contributed by atoms with Gasteiger partial charge in [-0.2, -0.15) is 0 Å². The van der Waals surface area contributed by atoms with Crippen molar-refractivity contribution in [3.63, 3.8) is 0 Å². The molecule has 1 atom stereocenters. The Kier molecular flexibility index (Phi) is 7.63. The number of carbonyl (C=O) groups excluding carboxylic acids is 1. The number of nitrogens with one attached hydrogen (secondary N) is 2. The summed E-state index contributed by atoms with van der Waals surface area (Å²) in [4.78, 5) is 11.8. The van der Waals surface area contributed by atoms with Gasteiger partial charge in [0.1, 0.15) is 0 Å². The lowest BCUT2D eigenvalue weighted by Crippen LogP contribution is -2.38. The molecule has 1 aromatic carbocycles. The number of rotatable bonds is 5. The number of halogens is 1. The highest BCUT2D eigenvalue weighted by atomic mass is 35.5. The zero-order valence-electron chi connectivity index (χ0n) is 12.2. The van der Waals surface area contributed by atoms with Gasteiger partial charge in [-0.05, 0) is 50.8 Å². The number of benzene rings is 1. The van der Waals surface area contributed by atoms with E-state index in [1.807, 2.05) is 0 Å². The maximum Gasteiger partial charge on any atom is 0.220 e.